The topological polar surface area (TPSA) is 58.6 Å². The minimum absolute atomic E-state index is 0.140. The van der Waals surface area contributed by atoms with Crippen LogP contribution in [0.25, 0.3) is 0 Å². The van der Waals surface area contributed by atoms with Crippen molar-refractivity contribution in [1.29, 1.82) is 0 Å². The summed E-state index contributed by atoms with van der Waals surface area (Å²) in [4.78, 5) is 12.1. The summed E-state index contributed by atoms with van der Waals surface area (Å²) in [6, 6.07) is 7.15. The van der Waals surface area contributed by atoms with Gasteiger partial charge in [-0.25, -0.2) is 0 Å². The van der Waals surface area contributed by atoms with Gasteiger partial charge in [-0.05, 0) is 51.8 Å². The van der Waals surface area contributed by atoms with Gasteiger partial charge in [0.05, 0.1) is 6.10 Å². The molecule has 0 aromatic heterocycles. The highest BCUT2D eigenvalue weighted by molar-refractivity contribution is 5.81. The number of ether oxygens (including phenoxy) is 1. The molecule has 20 heavy (non-hydrogen) atoms. The molecule has 1 unspecified atom stereocenters. The maximum absolute atomic E-state index is 12.1. The summed E-state index contributed by atoms with van der Waals surface area (Å²) < 4.78 is 5.63. The zero-order valence-electron chi connectivity index (χ0n) is 12.9. The number of rotatable bonds is 6. The summed E-state index contributed by atoms with van der Waals surface area (Å²) >= 11 is 0. The normalized spacial score (nSPS) is 14.5. The lowest BCUT2D eigenvalue weighted by atomic mass is 10.0. The molecule has 0 aliphatic rings. The van der Waals surface area contributed by atoms with Gasteiger partial charge in [-0.1, -0.05) is 19.1 Å². The third kappa shape index (κ3) is 4.85. The molecule has 4 heteroatoms. The van der Waals surface area contributed by atoms with E-state index in [1.807, 2.05) is 26.8 Å². The fourth-order valence-corrected chi connectivity index (χ4v) is 1.63. The average Bonchev–Trinajstić information content (AvgIpc) is 2.38. The molecule has 2 N–H and O–H groups in total. The number of carbonyl (C=O) groups is 1. The van der Waals surface area contributed by atoms with E-state index < -0.39 is 12.2 Å². The Kier molecular flexibility index (Phi) is 5.57. The Balaban J connectivity index is 2.68. The van der Waals surface area contributed by atoms with Gasteiger partial charge in [0, 0.05) is 5.54 Å². The lowest BCUT2D eigenvalue weighted by molar-refractivity contribution is -0.128. The van der Waals surface area contributed by atoms with Crippen molar-refractivity contribution in [1.82, 2.24) is 5.32 Å². The van der Waals surface area contributed by atoms with E-state index in [1.54, 1.807) is 32.0 Å². The van der Waals surface area contributed by atoms with Crippen LogP contribution in [0.15, 0.2) is 24.3 Å². The molecule has 1 aromatic carbocycles. The Labute approximate surface area is 121 Å². The Morgan fingerprint density at radius 2 is 2.05 bits per heavy atom. The lowest BCUT2D eigenvalue weighted by Crippen LogP contribution is -2.48. The van der Waals surface area contributed by atoms with E-state index in [9.17, 15) is 9.90 Å². The minimum atomic E-state index is -0.579. The third-order valence-corrected chi connectivity index (χ3v) is 3.37. The van der Waals surface area contributed by atoms with E-state index in [0.29, 0.717) is 5.75 Å². The predicted molar refractivity (Wildman–Crippen MR) is 79.7 cm³/mol. The van der Waals surface area contributed by atoms with Gasteiger partial charge in [0.2, 0.25) is 0 Å². The quantitative estimate of drug-likeness (QED) is 0.842. The molecule has 0 radical (unpaired) electrons. The van der Waals surface area contributed by atoms with Gasteiger partial charge in [-0.3, -0.25) is 4.79 Å². The maximum atomic E-state index is 12.1. The highest BCUT2D eigenvalue weighted by Gasteiger charge is 2.22. The van der Waals surface area contributed by atoms with E-state index in [4.69, 9.17) is 4.74 Å². The van der Waals surface area contributed by atoms with E-state index >= 15 is 0 Å². The second kappa shape index (κ2) is 6.75. The van der Waals surface area contributed by atoms with Crippen molar-refractivity contribution in [3.8, 4) is 5.75 Å². The van der Waals surface area contributed by atoms with Crippen molar-refractivity contribution in [3.63, 3.8) is 0 Å². The Morgan fingerprint density at radius 1 is 1.40 bits per heavy atom. The van der Waals surface area contributed by atoms with Gasteiger partial charge in [0.15, 0.2) is 6.10 Å². The third-order valence-electron chi connectivity index (χ3n) is 3.37. The monoisotopic (exact) mass is 279 g/mol. The molecule has 1 aromatic rings. The summed E-state index contributed by atoms with van der Waals surface area (Å²) in [7, 11) is 0. The van der Waals surface area contributed by atoms with E-state index in [1.165, 1.54) is 0 Å². The van der Waals surface area contributed by atoms with Gasteiger partial charge in [-0.15, -0.1) is 0 Å². The van der Waals surface area contributed by atoms with E-state index in [-0.39, 0.29) is 11.4 Å². The highest BCUT2D eigenvalue weighted by Crippen LogP contribution is 2.20. The Hall–Kier alpha value is -1.55. The first-order valence-electron chi connectivity index (χ1n) is 7.02. The lowest BCUT2D eigenvalue weighted by Gasteiger charge is -2.26. The second-order valence-corrected chi connectivity index (χ2v) is 5.74. The van der Waals surface area contributed by atoms with Gasteiger partial charge in [0.25, 0.3) is 5.91 Å². The smallest absolute Gasteiger partial charge is 0.261 e. The molecule has 0 aliphatic heterocycles. The zero-order chi connectivity index (χ0) is 15.3. The maximum Gasteiger partial charge on any atom is 0.261 e. The van der Waals surface area contributed by atoms with Crippen molar-refractivity contribution in [2.45, 2.75) is 58.8 Å². The number of carbonyl (C=O) groups excluding carboxylic acids is 1. The van der Waals surface area contributed by atoms with Crippen LogP contribution in [0.3, 0.4) is 0 Å². The van der Waals surface area contributed by atoms with E-state index in [2.05, 4.69) is 5.32 Å². The molecular formula is C16H25NO3. The molecule has 112 valence electrons. The van der Waals surface area contributed by atoms with E-state index in [0.717, 1.165) is 12.0 Å². The number of aliphatic hydroxyl groups excluding tert-OH is 1. The highest BCUT2D eigenvalue weighted by atomic mass is 16.5. The molecule has 0 saturated heterocycles. The standard InChI is InChI=1S/C16H25NO3/c1-6-16(4,5)17-15(19)12(3)20-14-9-7-8-13(10-14)11(2)18/h7-12,18H,6H2,1-5H3,(H,17,19)/t11-,12?/m0/s1. The predicted octanol–water partition coefficient (Wildman–Crippen LogP) is 2.81. The van der Waals surface area contributed by atoms with Crippen molar-refractivity contribution in [2.24, 2.45) is 0 Å². The summed E-state index contributed by atoms with van der Waals surface area (Å²) in [6.07, 6.45) is -0.282. The van der Waals surface area contributed by atoms with Crippen LogP contribution in [-0.2, 0) is 4.79 Å². The molecule has 1 rings (SSSR count). The molecular weight excluding hydrogens is 254 g/mol. The molecule has 0 saturated carbocycles. The van der Waals surface area contributed by atoms with Crippen molar-refractivity contribution in [3.05, 3.63) is 29.8 Å². The van der Waals surface area contributed by atoms with Crippen LogP contribution in [0.4, 0.5) is 0 Å². The van der Waals surface area contributed by atoms with Crippen LogP contribution in [0.1, 0.15) is 52.7 Å². The molecule has 0 bridgehead atoms. The molecule has 0 fully saturated rings. The van der Waals surface area contributed by atoms with Crippen LogP contribution < -0.4 is 10.1 Å². The fourth-order valence-electron chi connectivity index (χ4n) is 1.63. The SMILES string of the molecule is CCC(C)(C)NC(=O)C(C)Oc1cccc([C@H](C)O)c1. The van der Waals surface area contributed by atoms with Crippen LogP contribution in [0, 0.1) is 0 Å². The number of amides is 1. The Morgan fingerprint density at radius 3 is 2.60 bits per heavy atom. The largest absolute Gasteiger partial charge is 0.481 e. The summed E-state index contributed by atoms with van der Waals surface area (Å²) in [5.74, 6) is 0.444. The molecule has 2 atom stereocenters. The number of nitrogens with one attached hydrogen (secondary N) is 1. The molecule has 4 nitrogen and oxygen atoms in total. The zero-order valence-corrected chi connectivity index (χ0v) is 12.9. The van der Waals surface area contributed by atoms with Crippen molar-refractivity contribution >= 4 is 5.91 Å². The molecule has 0 spiro atoms. The second-order valence-electron chi connectivity index (χ2n) is 5.74. The van der Waals surface area contributed by atoms with Gasteiger partial charge in [0.1, 0.15) is 5.75 Å². The Bertz CT molecular complexity index is 455. The molecule has 0 aliphatic carbocycles. The number of aliphatic hydroxyl groups is 1. The first-order chi connectivity index (χ1) is 9.25. The first-order valence-corrected chi connectivity index (χ1v) is 7.02. The summed E-state index contributed by atoms with van der Waals surface area (Å²) in [5, 5.41) is 12.5. The summed E-state index contributed by atoms with van der Waals surface area (Å²) in [6.45, 7) is 9.39. The fraction of sp³-hybridized carbons (Fsp3) is 0.562. The van der Waals surface area contributed by atoms with Crippen LogP contribution in [0.5, 0.6) is 5.75 Å². The average molecular weight is 279 g/mol. The molecule has 1 amide bonds. The number of benzene rings is 1. The number of hydrogen-bond donors (Lipinski definition) is 2. The van der Waals surface area contributed by atoms with Gasteiger partial charge >= 0.3 is 0 Å². The van der Waals surface area contributed by atoms with Gasteiger partial charge < -0.3 is 15.2 Å². The summed E-state index contributed by atoms with van der Waals surface area (Å²) in [5.41, 5.74) is 0.528. The number of hydrogen-bond acceptors (Lipinski definition) is 3. The van der Waals surface area contributed by atoms with Crippen molar-refractivity contribution in [2.75, 3.05) is 0 Å². The van der Waals surface area contributed by atoms with Crippen LogP contribution in [0.2, 0.25) is 0 Å². The minimum Gasteiger partial charge on any atom is -0.481 e. The van der Waals surface area contributed by atoms with Crippen molar-refractivity contribution < 1.29 is 14.6 Å². The van der Waals surface area contributed by atoms with Crippen LogP contribution in [-0.4, -0.2) is 22.7 Å². The van der Waals surface area contributed by atoms with Gasteiger partial charge in [-0.2, -0.15) is 0 Å². The van der Waals surface area contributed by atoms with Crippen LogP contribution >= 0.6 is 0 Å². The molecule has 0 heterocycles. The first kappa shape index (κ1) is 16.5.